The minimum atomic E-state index is -0.455. The van der Waals surface area contributed by atoms with Crippen LogP contribution < -0.4 is 11.0 Å². The summed E-state index contributed by atoms with van der Waals surface area (Å²) < 4.78 is 7.85. The number of aromatic nitrogens is 5. The van der Waals surface area contributed by atoms with Crippen molar-refractivity contribution in [3.05, 3.63) is 87.9 Å². The van der Waals surface area contributed by atoms with Crippen LogP contribution in [0.5, 0.6) is 0 Å². The summed E-state index contributed by atoms with van der Waals surface area (Å²) in [5, 5.41) is 11.7. The van der Waals surface area contributed by atoms with Gasteiger partial charge in [0.1, 0.15) is 6.54 Å². The van der Waals surface area contributed by atoms with Crippen molar-refractivity contribution in [2.24, 2.45) is 0 Å². The summed E-state index contributed by atoms with van der Waals surface area (Å²) in [6.07, 6.45) is 1.57. The van der Waals surface area contributed by atoms with E-state index in [1.807, 2.05) is 19.1 Å². The molecule has 33 heavy (non-hydrogen) atoms. The van der Waals surface area contributed by atoms with Crippen molar-refractivity contribution in [3.63, 3.8) is 0 Å². The van der Waals surface area contributed by atoms with Crippen LogP contribution in [0.1, 0.15) is 5.56 Å². The van der Waals surface area contributed by atoms with Gasteiger partial charge in [0.25, 0.3) is 5.89 Å². The van der Waals surface area contributed by atoms with Crippen LogP contribution in [0.3, 0.4) is 0 Å². The summed E-state index contributed by atoms with van der Waals surface area (Å²) in [6, 6.07) is 17.8. The van der Waals surface area contributed by atoms with Gasteiger partial charge in [-0.2, -0.15) is 4.98 Å². The first-order valence-corrected chi connectivity index (χ1v) is 10.4. The molecule has 0 atom stereocenters. The van der Waals surface area contributed by atoms with Crippen LogP contribution in [0.25, 0.3) is 28.5 Å². The quantitative estimate of drug-likeness (QED) is 0.427. The summed E-state index contributed by atoms with van der Waals surface area (Å²) in [5.74, 6) is 0.212. The molecule has 0 aliphatic heterocycles. The molecule has 0 radical (unpaired) electrons. The van der Waals surface area contributed by atoms with Crippen LogP contribution in [0.4, 0.5) is 5.69 Å². The van der Waals surface area contributed by atoms with Gasteiger partial charge < -0.3 is 9.84 Å². The number of carbonyl (C=O) groups is 1. The van der Waals surface area contributed by atoms with Gasteiger partial charge in [0.2, 0.25) is 11.7 Å². The van der Waals surface area contributed by atoms with E-state index < -0.39 is 5.69 Å². The third-order valence-corrected chi connectivity index (χ3v) is 5.25. The molecule has 0 bridgehead atoms. The first-order valence-electron chi connectivity index (χ1n) is 10.0. The first-order chi connectivity index (χ1) is 16.0. The van der Waals surface area contributed by atoms with Crippen molar-refractivity contribution < 1.29 is 9.32 Å². The first kappa shape index (κ1) is 20.7. The van der Waals surface area contributed by atoms with Gasteiger partial charge in [-0.05, 0) is 55.5 Å². The lowest BCUT2D eigenvalue weighted by molar-refractivity contribution is -0.117. The van der Waals surface area contributed by atoms with Gasteiger partial charge in [0, 0.05) is 22.5 Å². The van der Waals surface area contributed by atoms with Crippen molar-refractivity contribution in [1.82, 2.24) is 24.3 Å². The van der Waals surface area contributed by atoms with Gasteiger partial charge in [-0.3, -0.25) is 4.79 Å². The highest BCUT2D eigenvalue weighted by Gasteiger charge is 2.18. The third kappa shape index (κ3) is 4.13. The lowest BCUT2D eigenvalue weighted by atomic mass is 10.2. The molecule has 0 aliphatic carbocycles. The Labute approximate surface area is 192 Å². The van der Waals surface area contributed by atoms with Crippen LogP contribution in [0.2, 0.25) is 5.02 Å². The Kier molecular flexibility index (Phi) is 5.23. The van der Waals surface area contributed by atoms with E-state index in [1.54, 1.807) is 54.7 Å². The van der Waals surface area contributed by atoms with Crippen LogP contribution in [-0.2, 0) is 11.3 Å². The van der Waals surface area contributed by atoms with E-state index in [9.17, 15) is 9.59 Å². The highest BCUT2D eigenvalue weighted by atomic mass is 35.5. The highest BCUT2D eigenvalue weighted by molar-refractivity contribution is 6.30. The van der Waals surface area contributed by atoms with E-state index in [4.69, 9.17) is 16.1 Å². The van der Waals surface area contributed by atoms with Gasteiger partial charge >= 0.3 is 5.69 Å². The molecular formula is C23H17ClN6O3. The summed E-state index contributed by atoms with van der Waals surface area (Å²) in [7, 11) is 0. The minimum absolute atomic E-state index is 0.201. The predicted molar refractivity (Wildman–Crippen MR) is 123 cm³/mol. The van der Waals surface area contributed by atoms with Crippen molar-refractivity contribution in [2.75, 3.05) is 5.32 Å². The van der Waals surface area contributed by atoms with Gasteiger partial charge in [0.05, 0.1) is 5.56 Å². The predicted octanol–water partition coefficient (Wildman–Crippen LogP) is 3.81. The third-order valence-electron chi connectivity index (χ3n) is 5.00. The van der Waals surface area contributed by atoms with Crippen LogP contribution in [0, 0.1) is 6.92 Å². The standard InChI is InChI=1S/C23H17ClN6O3/c1-14-4-10-17(11-5-14)25-19(31)13-30-23(32)29-12-2-3-18(21(29)27-30)22-26-20(28-33-22)15-6-8-16(24)9-7-15/h2-12H,13H2,1H3,(H,25,31). The number of halogens is 1. The fraction of sp³-hybridized carbons (Fsp3) is 0.0870. The van der Waals surface area contributed by atoms with E-state index >= 15 is 0 Å². The number of carbonyl (C=O) groups excluding carboxylic acids is 1. The average Bonchev–Trinajstić information content (AvgIpc) is 3.41. The Bertz CT molecular complexity index is 1520. The molecule has 0 saturated heterocycles. The van der Waals surface area contributed by atoms with Crippen LogP contribution in [0.15, 0.2) is 76.2 Å². The lowest BCUT2D eigenvalue weighted by Crippen LogP contribution is -2.28. The molecule has 1 N–H and O–H groups in total. The maximum atomic E-state index is 12.8. The summed E-state index contributed by atoms with van der Waals surface area (Å²) in [6.45, 7) is 1.72. The molecule has 5 aromatic rings. The molecule has 0 saturated carbocycles. The number of hydrogen-bond donors (Lipinski definition) is 1. The molecule has 10 heteroatoms. The van der Waals surface area contributed by atoms with Gasteiger partial charge in [-0.25, -0.2) is 13.9 Å². The second-order valence-corrected chi connectivity index (χ2v) is 7.84. The molecule has 0 fully saturated rings. The Hall–Kier alpha value is -4.24. The maximum Gasteiger partial charge on any atom is 0.350 e. The summed E-state index contributed by atoms with van der Waals surface area (Å²) >= 11 is 5.93. The second-order valence-electron chi connectivity index (χ2n) is 7.40. The van der Waals surface area contributed by atoms with Crippen LogP contribution in [-0.4, -0.2) is 30.2 Å². The molecule has 5 rings (SSSR count). The largest absolute Gasteiger partial charge is 0.350 e. The Morgan fingerprint density at radius 2 is 1.85 bits per heavy atom. The Balaban J connectivity index is 1.44. The molecular weight excluding hydrogens is 444 g/mol. The number of anilines is 1. The number of rotatable bonds is 5. The van der Waals surface area contributed by atoms with Crippen LogP contribution >= 0.6 is 11.6 Å². The maximum absolute atomic E-state index is 12.8. The zero-order chi connectivity index (χ0) is 22.9. The number of amides is 1. The SMILES string of the molecule is Cc1ccc(NC(=O)Cn2nc3c(-c4nc(-c5ccc(Cl)cc5)no4)cccn3c2=O)cc1. The number of aryl methyl sites for hydroxylation is 1. The number of hydrogen-bond acceptors (Lipinski definition) is 6. The van der Waals surface area contributed by atoms with E-state index in [0.717, 1.165) is 15.8 Å². The molecule has 164 valence electrons. The number of nitrogens with zero attached hydrogens (tertiary/aromatic N) is 5. The van der Waals surface area contributed by atoms with E-state index in [-0.39, 0.29) is 18.3 Å². The van der Waals surface area contributed by atoms with Gasteiger partial charge in [-0.15, -0.1) is 5.10 Å². The lowest BCUT2D eigenvalue weighted by Gasteiger charge is -2.04. The Morgan fingerprint density at radius 3 is 2.61 bits per heavy atom. The topological polar surface area (TPSA) is 107 Å². The van der Waals surface area contributed by atoms with Crippen molar-refractivity contribution in [1.29, 1.82) is 0 Å². The fourth-order valence-electron chi connectivity index (χ4n) is 3.33. The average molecular weight is 461 g/mol. The van der Waals surface area contributed by atoms with Crippen molar-refractivity contribution >= 4 is 28.8 Å². The minimum Gasteiger partial charge on any atom is -0.333 e. The number of benzene rings is 2. The number of nitrogens with one attached hydrogen (secondary N) is 1. The van der Waals surface area contributed by atoms with Crippen molar-refractivity contribution in [3.8, 4) is 22.8 Å². The van der Waals surface area contributed by atoms with E-state index in [0.29, 0.717) is 27.7 Å². The monoisotopic (exact) mass is 460 g/mol. The van der Waals surface area contributed by atoms with E-state index in [2.05, 4.69) is 20.6 Å². The molecule has 2 aromatic carbocycles. The molecule has 0 unspecified atom stereocenters. The highest BCUT2D eigenvalue weighted by Crippen LogP contribution is 2.25. The summed E-state index contributed by atoms with van der Waals surface area (Å²) in [4.78, 5) is 29.7. The molecule has 1 amide bonds. The molecule has 0 spiro atoms. The molecule has 9 nitrogen and oxygen atoms in total. The molecule has 3 heterocycles. The number of pyridine rings is 1. The second kappa shape index (κ2) is 8.36. The van der Waals surface area contributed by atoms with Crippen molar-refractivity contribution in [2.45, 2.75) is 13.5 Å². The van der Waals surface area contributed by atoms with E-state index in [1.165, 1.54) is 4.40 Å². The smallest absolute Gasteiger partial charge is 0.333 e. The molecule has 0 aliphatic rings. The van der Waals surface area contributed by atoms with Gasteiger partial charge in [0.15, 0.2) is 5.65 Å². The normalized spacial score (nSPS) is 11.1. The Morgan fingerprint density at radius 1 is 1.09 bits per heavy atom. The summed E-state index contributed by atoms with van der Waals surface area (Å²) in [5.41, 5.74) is 2.78. The fourth-order valence-corrected chi connectivity index (χ4v) is 3.46. The number of fused-ring (bicyclic) bond motifs is 1. The zero-order valence-electron chi connectivity index (χ0n) is 17.4. The molecule has 3 aromatic heterocycles. The van der Waals surface area contributed by atoms with Gasteiger partial charge in [-0.1, -0.05) is 34.5 Å². The zero-order valence-corrected chi connectivity index (χ0v) is 18.2.